The zero-order valence-electron chi connectivity index (χ0n) is 10.3. The number of Topliss-reactive ketones (excluding diaryl/α,β-unsaturated/α-hetero) is 1. The fraction of sp³-hybridized carbons (Fsp3) is 0.214. The van der Waals surface area contributed by atoms with Crippen LogP contribution in [0.25, 0.3) is 0 Å². The van der Waals surface area contributed by atoms with Crippen molar-refractivity contribution < 1.29 is 9.53 Å². The van der Waals surface area contributed by atoms with Gasteiger partial charge < -0.3 is 4.74 Å². The number of benzene rings is 1. The van der Waals surface area contributed by atoms with Gasteiger partial charge in [-0.3, -0.25) is 4.79 Å². The first-order chi connectivity index (χ1) is 8.70. The van der Waals surface area contributed by atoms with E-state index in [1.54, 1.807) is 18.4 Å². The second-order valence-electron chi connectivity index (χ2n) is 3.77. The van der Waals surface area contributed by atoms with Gasteiger partial charge in [-0.05, 0) is 31.2 Å². The highest BCUT2D eigenvalue weighted by atomic mass is 32.2. The first kappa shape index (κ1) is 13.2. The number of ether oxygens (including phenoxy) is 1. The molecule has 2 nitrogen and oxygen atoms in total. The highest BCUT2D eigenvalue weighted by Gasteiger charge is 2.10. The molecule has 2 aromatic rings. The highest BCUT2D eigenvalue weighted by Crippen LogP contribution is 2.29. The summed E-state index contributed by atoms with van der Waals surface area (Å²) in [6.07, 6.45) is 0. The van der Waals surface area contributed by atoms with E-state index in [0.717, 1.165) is 15.5 Å². The number of carbonyl (C=O) groups is 1. The third-order valence-electron chi connectivity index (χ3n) is 2.44. The van der Waals surface area contributed by atoms with E-state index in [-0.39, 0.29) is 5.78 Å². The van der Waals surface area contributed by atoms with Gasteiger partial charge in [0.1, 0.15) is 5.75 Å². The third kappa shape index (κ3) is 3.15. The SMILES string of the molecule is COc1ccccc1SCC(=O)c1ccc(C)s1. The Morgan fingerprint density at radius 2 is 2.06 bits per heavy atom. The van der Waals surface area contributed by atoms with E-state index in [2.05, 4.69) is 0 Å². The maximum Gasteiger partial charge on any atom is 0.182 e. The number of methoxy groups -OCH3 is 1. The van der Waals surface area contributed by atoms with Crippen LogP contribution in [0.4, 0.5) is 0 Å². The van der Waals surface area contributed by atoms with Crippen LogP contribution in [0.5, 0.6) is 5.75 Å². The second-order valence-corrected chi connectivity index (χ2v) is 6.08. The van der Waals surface area contributed by atoms with Gasteiger partial charge in [0.2, 0.25) is 0 Å². The van der Waals surface area contributed by atoms with E-state index in [9.17, 15) is 4.79 Å². The number of carbonyl (C=O) groups excluding carboxylic acids is 1. The second kappa shape index (κ2) is 6.07. The molecule has 2 rings (SSSR count). The molecule has 4 heteroatoms. The van der Waals surface area contributed by atoms with Crippen molar-refractivity contribution in [2.75, 3.05) is 12.9 Å². The predicted molar refractivity (Wildman–Crippen MR) is 77.1 cm³/mol. The molecule has 1 aromatic carbocycles. The quantitative estimate of drug-likeness (QED) is 0.610. The van der Waals surface area contributed by atoms with Crippen molar-refractivity contribution in [2.45, 2.75) is 11.8 Å². The van der Waals surface area contributed by atoms with Crippen LogP contribution in [-0.2, 0) is 0 Å². The minimum absolute atomic E-state index is 0.170. The molecule has 0 aliphatic rings. The summed E-state index contributed by atoms with van der Waals surface area (Å²) in [6, 6.07) is 11.6. The zero-order valence-corrected chi connectivity index (χ0v) is 11.9. The normalized spacial score (nSPS) is 10.3. The molecule has 94 valence electrons. The number of aryl methyl sites for hydroxylation is 1. The molecule has 0 N–H and O–H groups in total. The molecule has 0 aliphatic heterocycles. The van der Waals surface area contributed by atoms with Crippen LogP contribution in [-0.4, -0.2) is 18.6 Å². The van der Waals surface area contributed by atoms with Crippen molar-refractivity contribution in [1.82, 2.24) is 0 Å². The minimum atomic E-state index is 0.170. The molecule has 0 bridgehead atoms. The maximum absolute atomic E-state index is 12.0. The number of hydrogen-bond donors (Lipinski definition) is 0. The molecular weight excluding hydrogens is 264 g/mol. The number of para-hydroxylation sites is 1. The van der Waals surface area contributed by atoms with E-state index in [1.165, 1.54) is 16.6 Å². The lowest BCUT2D eigenvalue weighted by atomic mass is 10.3. The van der Waals surface area contributed by atoms with Gasteiger partial charge in [0.15, 0.2) is 5.78 Å². The number of hydrogen-bond acceptors (Lipinski definition) is 4. The van der Waals surface area contributed by atoms with Gasteiger partial charge in [-0.2, -0.15) is 0 Å². The molecule has 1 heterocycles. The predicted octanol–water partition coefficient (Wildman–Crippen LogP) is 4.04. The standard InChI is InChI=1S/C14H14O2S2/c1-10-7-8-13(18-10)11(15)9-17-14-6-4-3-5-12(14)16-2/h3-8H,9H2,1-2H3. The summed E-state index contributed by atoms with van der Waals surface area (Å²) >= 11 is 3.06. The van der Waals surface area contributed by atoms with Crippen LogP contribution in [0.2, 0.25) is 0 Å². The topological polar surface area (TPSA) is 26.3 Å². The van der Waals surface area contributed by atoms with E-state index < -0.39 is 0 Å². The van der Waals surface area contributed by atoms with Crippen LogP contribution >= 0.6 is 23.1 Å². The molecule has 0 atom stereocenters. The molecule has 0 unspecified atom stereocenters. The molecule has 0 saturated carbocycles. The van der Waals surface area contributed by atoms with Crippen molar-refractivity contribution in [3.05, 3.63) is 46.2 Å². The monoisotopic (exact) mass is 278 g/mol. The molecule has 0 saturated heterocycles. The molecular formula is C14H14O2S2. The molecule has 0 fully saturated rings. The van der Waals surface area contributed by atoms with E-state index in [0.29, 0.717) is 5.75 Å². The van der Waals surface area contributed by atoms with Crippen molar-refractivity contribution in [2.24, 2.45) is 0 Å². The Hall–Kier alpha value is -1.26. The fourth-order valence-electron chi connectivity index (χ4n) is 1.54. The third-order valence-corrected chi connectivity index (χ3v) is 4.54. The maximum atomic E-state index is 12.0. The van der Waals surface area contributed by atoms with Crippen LogP contribution in [0.1, 0.15) is 14.5 Å². The fourth-order valence-corrected chi connectivity index (χ4v) is 3.34. The summed E-state index contributed by atoms with van der Waals surface area (Å²) in [5.41, 5.74) is 0. The Kier molecular flexibility index (Phi) is 4.44. The van der Waals surface area contributed by atoms with Gasteiger partial charge in [0.25, 0.3) is 0 Å². The first-order valence-corrected chi connectivity index (χ1v) is 7.36. The number of ketones is 1. The lowest BCUT2D eigenvalue weighted by molar-refractivity contribution is 0.102. The molecule has 0 aliphatic carbocycles. The van der Waals surface area contributed by atoms with Crippen LogP contribution in [0, 0.1) is 6.92 Å². The van der Waals surface area contributed by atoms with Crippen molar-refractivity contribution in [1.29, 1.82) is 0 Å². The lowest BCUT2D eigenvalue weighted by Crippen LogP contribution is -1.99. The van der Waals surface area contributed by atoms with E-state index in [4.69, 9.17) is 4.74 Å². The Balaban J connectivity index is 2.01. The van der Waals surface area contributed by atoms with Crippen LogP contribution in [0.3, 0.4) is 0 Å². The van der Waals surface area contributed by atoms with Gasteiger partial charge in [-0.25, -0.2) is 0 Å². The number of thiophene rings is 1. The summed E-state index contributed by atoms with van der Waals surface area (Å²) in [4.78, 5) is 15.0. The molecule has 0 radical (unpaired) electrons. The molecule has 0 spiro atoms. The summed E-state index contributed by atoms with van der Waals surface area (Å²) in [5.74, 6) is 1.43. The van der Waals surface area contributed by atoms with E-state index in [1.807, 2.05) is 43.3 Å². The van der Waals surface area contributed by atoms with Crippen molar-refractivity contribution in [3.8, 4) is 5.75 Å². The average Bonchev–Trinajstić information content (AvgIpc) is 2.83. The van der Waals surface area contributed by atoms with Crippen molar-refractivity contribution in [3.63, 3.8) is 0 Å². The zero-order chi connectivity index (χ0) is 13.0. The largest absolute Gasteiger partial charge is 0.496 e. The van der Waals surface area contributed by atoms with Gasteiger partial charge >= 0.3 is 0 Å². The van der Waals surface area contributed by atoms with Gasteiger partial charge in [-0.1, -0.05) is 12.1 Å². The molecule has 1 aromatic heterocycles. The summed E-state index contributed by atoms with van der Waals surface area (Å²) in [6.45, 7) is 2.01. The first-order valence-electron chi connectivity index (χ1n) is 5.56. The van der Waals surface area contributed by atoms with Crippen LogP contribution in [0.15, 0.2) is 41.3 Å². The minimum Gasteiger partial charge on any atom is -0.496 e. The van der Waals surface area contributed by atoms with Crippen molar-refractivity contribution >= 4 is 28.9 Å². The lowest BCUT2D eigenvalue weighted by Gasteiger charge is -2.06. The Bertz CT molecular complexity index is 546. The number of rotatable bonds is 5. The summed E-state index contributed by atoms with van der Waals surface area (Å²) in [5, 5.41) is 0. The molecule has 18 heavy (non-hydrogen) atoms. The average molecular weight is 278 g/mol. The van der Waals surface area contributed by atoms with Gasteiger partial charge in [0, 0.05) is 9.77 Å². The van der Waals surface area contributed by atoms with Crippen LogP contribution < -0.4 is 4.74 Å². The summed E-state index contributed by atoms with van der Waals surface area (Å²) in [7, 11) is 1.64. The number of thioether (sulfide) groups is 1. The van der Waals surface area contributed by atoms with Gasteiger partial charge in [0.05, 0.1) is 17.7 Å². The smallest absolute Gasteiger partial charge is 0.182 e. The van der Waals surface area contributed by atoms with E-state index >= 15 is 0 Å². The molecule has 0 amide bonds. The van der Waals surface area contributed by atoms with Gasteiger partial charge in [-0.15, -0.1) is 23.1 Å². The Labute approximate surface area is 115 Å². The highest BCUT2D eigenvalue weighted by molar-refractivity contribution is 8.00. The Morgan fingerprint density at radius 1 is 1.28 bits per heavy atom. The summed E-state index contributed by atoms with van der Waals surface area (Å²) < 4.78 is 5.26. The Morgan fingerprint density at radius 3 is 2.72 bits per heavy atom.